The van der Waals surface area contributed by atoms with Crippen molar-refractivity contribution in [2.75, 3.05) is 26.8 Å². The normalized spacial score (nSPS) is 20.1. The Kier molecular flexibility index (Phi) is 6.29. The van der Waals surface area contributed by atoms with Gasteiger partial charge in [-0.1, -0.05) is 11.2 Å². The average Bonchev–Trinajstić information content (AvgIpc) is 3.39. The van der Waals surface area contributed by atoms with Crippen LogP contribution in [0.4, 0.5) is 0 Å². The van der Waals surface area contributed by atoms with Crippen molar-refractivity contribution in [2.24, 2.45) is 0 Å². The third kappa shape index (κ3) is 4.69. The zero-order valence-corrected chi connectivity index (χ0v) is 17.5. The predicted octanol–water partition coefficient (Wildman–Crippen LogP) is 2.12. The van der Waals surface area contributed by atoms with Crippen LogP contribution in [0.3, 0.4) is 0 Å². The summed E-state index contributed by atoms with van der Waals surface area (Å²) >= 11 is 0. The number of aryl methyl sites for hydroxylation is 2. The molecule has 1 aliphatic carbocycles. The highest BCUT2D eigenvalue weighted by Crippen LogP contribution is 2.28. The van der Waals surface area contributed by atoms with E-state index in [2.05, 4.69) is 10.1 Å². The lowest BCUT2D eigenvalue weighted by atomic mass is 10.1. The number of piperidine rings is 1. The maximum atomic E-state index is 13.1. The molecule has 9 heteroatoms. The Labute approximate surface area is 171 Å². The lowest BCUT2D eigenvalue weighted by molar-refractivity contribution is 0.00438. The minimum Gasteiger partial charge on any atom is -0.384 e. The van der Waals surface area contributed by atoms with E-state index in [1.165, 1.54) is 9.87 Å². The second kappa shape index (κ2) is 8.91. The molecule has 0 saturated carbocycles. The number of rotatable bonds is 8. The number of hydrogen-bond acceptors (Lipinski definition) is 7. The maximum Gasteiger partial charge on any atom is 0.243 e. The molecule has 0 N–H and O–H groups in total. The van der Waals surface area contributed by atoms with Crippen LogP contribution in [0.15, 0.2) is 27.6 Å². The maximum absolute atomic E-state index is 13.1. The van der Waals surface area contributed by atoms with Gasteiger partial charge in [0.2, 0.25) is 15.9 Å². The van der Waals surface area contributed by atoms with Crippen molar-refractivity contribution >= 4 is 10.0 Å². The van der Waals surface area contributed by atoms with E-state index in [1.807, 2.05) is 12.1 Å². The van der Waals surface area contributed by atoms with Gasteiger partial charge in [0.1, 0.15) is 6.61 Å². The van der Waals surface area contributed by atoms with Gasteiger partial charge >= 0.3 is 0 Å². The number of nitrogens with zero attached hydrogens (tertiary/aromatic N) is 3. The van der Waals surface area contributed by atoms with Crippen LogP contribution in [0.5, 0.6) is 0 Å². The molecular formula is C20H27N3O5S. The average molecular weight is 422 g/mol. The molecule has 158 valence electrons. The van der Waals surface area contributed by atoms with E-state index >= 15 is 0 Å². The number of sulfonamides is 1. The van der Waals surface area contributed by atoms with Crippen molar-refractivity contribution < 1.29 is 22.4 Å². The summed E-state index contributed by atoms with van der Waals surface area (Å²) in [7, 11) is -1.90. The predicted molar refractivity (Wildman–Crippen MR) is 105 cm³/mol. The molecule has 1 aromatic heterocycles. The minimum atomic E-state index is -3.52. The highest BCUT2D eigenvalue weighted by Gasteiger charge is 2.31. The highest BCUT2D eigenvalue weighted by molar-refractivity contribution is 7.89. The zero-order valence-electron chi connectivity index (χ0n) is 16.7. The molecule has 0 spiro atoms. The SMILES string of the molecule is COCCc1nc(COC2CCCN(S(=O)(=O)c3ccc4c(c3)CCC4)C2)no1. The summed E-state index contributed by atoms with van der Waals surface area (Å²) in [4.78, 5) is 4.65. The molecule has 1 fully saturated rings. The van der Waals surface area contributed by atoms with Crippen LogP contribution in [0, 0.1) is 0 Å². The van der Waals surface area contributed by atoms with Gasteiger partial charge in [-0.2, -0.15) is 9.29 Å². The molecule has 8 nitrogen and oxygen atoms in total. The molecule has 2 aliphatic rings. The van der Waals surface area contributed by atoms with Gasteiger partial charge in [0.05, 0.1) is 24.0 Å². The smallest absolute Gasteiger partial charge is 0.243 e. The molecule has 2 aromatic rings. The number of aromatic nitrogens is 2. The molecule has 29 heavy (non-hydrogen) atoms. The van der Waals surface area contributed by atoms with E-state index in [0.717, 1.165) is 37.7 Å². The molecule has 1 atom stereocenters. The third-order valence-electron chi connectivity index (χ3n) is 5.53. The van der Waals surface area contributed by atoms with Crippen molar-refractivity contribution in [3.63, 3.8) is 0 Å². The minimum absolute atomic E-state index is 0.186. The summed E-state index contributed by atoms with van der Waals surface area (Å²) in [5.41, 5.74) is 2.44. The second-order valence-electron chi connectivity index (χ2n) is 7.57. The van der Waals surface area contributed by atoms with E-state index in [0.29, 0.717) is 42.7 Å². The van der Waals surface area contributed by atoms with Gasteiger partial charge in [-0.3, -0.25) is 0 Å². The lowest BCUT2D eigenvalue weighted by Gasteiger charge is -2.31. The van der Waals surface area contributed by atoms with Crippen LogP contribution >= 0.6 is 0 Å². The van der Waals surface area contributed by atoms with Crippen LogP contribution in [0.25, 0.3) is 0 Å². The number of methoxy groups -OCH3 is 1. The Hall–Kier alpha value is -1.81. The standard InChI is InChI=1S/C20H27N3O5S/c1-26-11-9-20-21-19(22-28-20)14-27-17-6-3-10-23(13-17)29(24,25)18-8-7-15-4-2-5-16(15)12-18/h7-8,12,17H,2-6,9-11,13-14H2,1H3. The van der Waals surface area contributed by atoms with Crippen molar-refractivity contribution in [1.82, 2.24) is 14.4 Å². The quantitative estimate of drug-likeness (QED) is 0.644. The van der Waals surface area contributed by atoms with Crippen LogP contribution in [-0.2, 0) is 45.4 Å². The molecule has 0 amide bonds. The molecule has 2 heterocycles. The number of ether oxygens (including phenoxy) is 2. The van der Waals surface area contributed by atoms with Crippen molar-refractivity contribution in [1.29, 1.82) is 0 Å². The van der Waals surface area contributed by atoms with E-state index in [4.69, 9.17) is 14.0 Å². The van der Waals surface area contributed by atoms with Crippen LogP contribution in [0.2, 0.25) is 0 Å². The van der Waals surface area contributed by atoms with Gasteiger partial charge in [0, 0.05) is 20.2 Å². The fraction of sp³-hybridized carbons (Fsp3) is 0.600. The van der Waals surface area contributed by atoms with Gasteiger partial charge in [0.25, 0.3) is 0 Å². The number of fused-ring (bicyclic) bond motifs is 1. The van der Waals surface area contributed by atoms with E-state index in [-0.39, 0.29) is 12.7 Å². The van der Waals surface area contributed by atoms with Crippen LogP contribution < -0.4 is 0 Å². The summed E-state index contributed by atoms with van der Waals surface area (Å²) in [5, 5.41) is 3.90. The molecular weight excluding hydrogens is 394 g/mol. The first-order valence-corrected chi connectivity index (χ1v) is 11.5. The van der Waals surface area contributed by atoms with Gasteiger partial charge in [-0.25, -0.2) is 8.42 Å². The van der Waals surface area contributed by atoms with E-state index < -0.39 is 10.0 Å². The van der Waals surface area contributed by atoms with Gasteiger partial charge < -0.3 is 14.0 Å². The number of hydrogen-bond donors (Lipinski definition) is 0. The topological polar surface area (TPSA) is 94.8 Å². The number of benzene rings is 1. The Bertz CT molecular complexity index is 943. The largest absolute Gasteiger partial charge is 0.384 e. The van der Waals surface area contributed by atoms with Crippen molar-refractivity contribution in [3.05, 3.63) is 41.0 Å². The Morgan fingerprint density at radius 3 is 2.97 bits per heavy atom. The summed E-state index contributed by atoms with van der Waals surface area (Å²) < 4.78 is 43.8. The third-order valence-corrected chi connectivity index (χ3v) is 7.39. The second-order valence-corrected chi connectivity index (χ2v) is 9.51. The molecule has 1 saturated heterocycles. The summed E-state index contributed by atoms with van der Waals surface area (Å²) in [6, 6.07) is 5.55. The Morgan fingerprint density at radius 2 is 2.10 bits per heavy atom. The first-order chi connectivity index (χ1) is 14.1. The lowest BCUT2D eigenvalue weighted by Crippen LogP contribution is -2.43. The fourth-order valence-corrected chi connectivity index (χ4v) is 5.51. The molecule has 1 aromatic carbocycles. The van der Waals surface area contributed by atoms with Crippen molar-refractivity contribution in [2.45, 2.75) is 56.1 Å². The molecule has 1 aliphatic heterocycles. The van der Waals surface area contributed by atoms with Gasteiger partial charge in [-0.05, 0) is 55.4 Å². The van der Waals surface area contributed by atoms with Crippen LogP contribution in [0.1, 0.15) is 42.1 Å². The first-order valence-electron chi connectivity index (χ1n) is 10.1. The monoisotopic (exact) mass is 421 g/mol. The van der Waals surface area contributed by atoms with E-state index in [9.17, 15) is 8.42 Å². The summed E-state index contributed by atoms with van der Waals surface area (Å²) in [5.74, 6) is 0.976. The fourth-order valence-electron chi connectivity index (χ4n) is 3.95. The Balaban J connectivity index is 1.37. The summed E-state index contributed by atoms with van der Waals surface area (Å²) in [6.07, 6.45) is 5.04. The van der Waals surface area contributed by atoms with E-state index in [1.54, 1.807) is 13.2 Å². The van der Waals surface area contributed by atoms with Gasteiger partial charge in [-0.15, -0.1) is 0 Å². The van der Waals surface area contributed by atoms with Crippen LogP contribution in [-0.4, -0.2) is 55.8 Å². The summed E-state index contributed by atoms with van der Waals surface area (Å²) in [6.45, 7) is 1.57. The Morgan fingerprint density at radius 1 is 1.24 bits per heavy atom. The highest BCUT2D eigenvalue weighted by atomic mass is 32.2. The van der Waals surface area contributed by atoms with Crippen molar-refractivity contribution in [3.8, 4) is 0 Å². The molecule has 4 rings (SSSR count). The molecule has 0 radical (unpaired) electrons. The first kappa shape index (κ1) is 20.5. The zero-order chi connectivity index (χ0) is 20.3. The molecule has 1 unspecified atom stereocenters. The van der Waals surface area contributed by atoms with Gasteiger partial charge in [0.15, 0.2) is 5.82 Å². The molecule has 0 bridgehead atoms.